The molecule has 0 bridgehead atoms. The lowest BCUT2D eigenvalue weighted by atomic mass is 9.90. The molecular formula is C16H11F4N. The van der Waals surface area contributed by atoms with Crippen molar-refractivity contribution in [3.05, 3.63) is 70.2 Å². The molecule has 1 aromatic carbocycles. The maximum Gasteiger partial charge on any atom is 0.163 e. The van der Waals surface area contributed by atoms with E-state index in [-0.39, 0.29) is 28.1 Å². The summed E-state index contributed by atoms with van der Waals surface area (Å²) in [5.74, 6) is -5.81. The maximum absolute atomic E-state index is 14.3. The van der Waals surface area contributed by atoms with E-state index in [9.17, 15) is 17.6 Å². The Balaban J connectivity index is 2.56. The van der Waals surface area contributed by atoms with Crippen LogP contribution in [-0.4, -0.2) is 6.54 Å². The number of halogens is 4. The van der Waals surface area contributed by atoms with E-state index in [0.717, 1.165) is 12.2 Å². The third-order valence-electron chi connectivity index (χ3n) is 3.69. The van der Waals surface area contributed by atoms with Crippen LogP contribution in [0.4, 0.5) is 17.6 Å². The van der Waals surface area contributed by atoms with Crippen molar-refractivity contribution in [1.29, 1.82) is 0 Å². The Morgan fingerprint density at radius 2 is 1.62 bits per heavy atom. The molecule has 2 aliphatic rings. The molecule has 21 heavy (non-hydrogen) atoms. The van der Waals surface area contributed by atoms with E-state index in [2.05, 4.69) is 0 Å². The molecule has 0 radical (unpaired) electrons. The standard InChI is InChI=1S/C16H11F4N/c17-12-6-5-10-13(16(12)20)9-4-2-1-3-8(9)11(7-21)15(19)14(10)18/h1-6,10H,7,21H2. The van der Waals surface area contributed by atoms with E-state index in [1.807, 2.05) is 0 Å². The SMILES string of the molecule is NCC1=c2ccccc2=C2C(F)=C(F)C=CC2C(F)=C1F. The van der Waals surface area contributed by atoms with Crippen molar-refractivity contribution >= 4 is 11.1 Å². The van der Waals surface area contributed by atoms with Gasteiger partial charge in [-0.15, -0.1) is 0 Å². The van der Waals surface area contributed by atoms with Gasteiger partial charge in [-0.05, 0) is 16.5 Å². The first-order chi connectivity index (χ1) is 10.1. The molecule has 1 atom stereocenters. The number of hydrogen-bond acceptors (Lipinski definition) is 1. The first-order valence-electron chi connectivity index (χ1n) is 6.38. The summed E-state index contributed by atoms with van der Waals surface area (Å²) in [6.45, 7) is -0.242. The zero-order valence-corrected chi connectivity index (χ0v) is 10.8. The fraction of sp³-hybridized carbons (Fsp3) is 0.125. The van der Waals surface area contributed by atoms with E-state index in [4.69, 9.17) is 5.73 Å². The Hall–Kier alpha value is -2.14. The van der Waals surface area contributed by atoms with Crippen molar-refractivity contribution in [2.75, 3.05) is 6.54 Å². The van der Waals surface area contributed by atoms with Crippen LogP contribution in [0.2, 0.25) is 0 Å². The second kappa shape index (κ2) is 5.00. The summed E-state index contributed by atoms with van der Waals surface area (Å²) in [6, 6.07) is 6.23. The van der Waals surface area contributed by atoms with Crippen LogP contribution in [0.1, 0.15) is 0 Å². The smallest absolute Gasteiger partial charge is 0.163 e. The number of rotatable bonds is 1. The highest BCUT2D eigenvalue weighted by molar-refractivity contribution is 5.77. The molecule has 1 nitrogen and oxygen atoms in total. The van der Waals surface area contributed by atoms with Crippen molar-refractivity contribution in [2.45, 2.75) is 0 Å². The van der Waals surface area contributed by atoms with E-state index in [1.54, 1.807) is 12.1 Å². The van der Waals surface area contributed by atoms with E-state index in [1.165, 1.54) is 12.1 Å². The van der Waals surface area contributed by atoms with Crippen LogP contribution < -0.4 is 16.2 Å². The largest absolute Gasteiger partial charge is 0.326 e. The normalized spacial score (nSPS) is 21.5. The molecule has 2 aliphatic carbocycles. The minimum absolute atomic E-state index is 0.0494. The van der Waals surface area contributed by atoms with Crippen molar-refractivity contribution < 1.29 is 17.6 Å². The van der Waals surface area contributed by atoms with Gasteiger partial charge in [-0.3, -0.25) is 0 Å². The molecule has 0 spiro atoms. The summed E-state index contributed by atoms with van der Waals surface area (Å²) in [4.78, 5) is 0. The summed E-state index contributed by atoms with van der Waals surface area (Å²) < 4.78 is 56.3. The highest BCUT2D eigenvalue weighted by atomic mass is 19.2. The lowest BCUT2D eigenvalue weighted by Crippen LogP contribution is -2.32. The number of hydrogen-bond donors (Lipinski definition) is 1. The summed E-state index contributed by atoms with van der Waals surface area (Å²) in [6.07, 6.45) is 1.92. The summed E-state index contributed by atoms with van der Waals surface area (Å²) in [7, 11) is 0. The van der Waals surface area contributed by atoms with Crippen molar-refractivity contribution in [2.24, 2.45) is 11.7 Å². The fourth-order valence-electron chi connectivity index (χ4n) is 2.69. The van der Waals surface area contributed by atoms with Gasteiger partial charge < -0.3 is 5.73 Å². The van der Waals surface area contributed by atoms with Gasteiger partial charge in [0.25, 0.3) is 0 Å². The van der Waals surface area contributed by atoms with Crippen LogP contribution in [0, 0.1) is 5.92 Å². The molecule has 1 aromatic rings. The van der Waals surface area contributed by atoms with Gasteiger partial charge in [0.1, 0.15) is 5.83 Å². The Bertz CT molecular complexity index is 830. The zero-order valence-electron chi connectivity index (χ0n) is 10.8. The zero-order chi connectivity index (χ0) is 15.1. The molecular weight excluding hydrogens is 282 g/mol. The first-order valence-corrected chi connectivity index (χ1v) is 6.38. The van der Waals surface area contributed by atoms with Crippen LogP contribution in [-0.2, 0) is 0 Å². The fourth-order valence-corrected chi connectivity index (χ4v) is 2.69. The van der Waals surface area contributed by atoms with Gasteiger partial charge in [0.15, 0.2) is 17.5 Å². The van der Waals surface area contributed by atoms with Crippen LogP contribution >= 0.6 is 0 Å². The lowest BCUT2D eigenvalue weighted by Gasteiger charge is -2.17. The summed E-state index contributed by atoms with van der Waals surface area (Å²) >= 11 is 0. The van der Waals surface area contributed by atoms with Crippen molar-refractivity contribution in [3.63, 3.8) is 0 Å². The minimum Gasteiger partial charge on any atom is -0.326 e. The van der Waals surface area contributed by atoms with Crippen molar-refractivity contribution in [1.82, 2.24) is 0 Å². The van der Waals surface area contributed by atoms with Gasteiger partial charge in [0.05, 0.1) is 5.92 Å². The Morgan fingerprint density at radius 3 is 2.29 bits per heavy atom. The highest BCUT2D eigenvalue weighted by Crippen LogP contribution is 2.39. The molecule has 0 saturated carbocycles. The number of fused-ring (bicyclic) bond motifs is 2. The second-order valence-electron chi connectivity index (χ2n) is 4.80. The molecule has 108 valence electrons. The Labute approximate surface area is 118 Å². The third-order valence-corrected chi connectivity index (χ3v) is 3.69. The molecule has 1 unspecified atom stereocenters. The second-order valence-corrected chi connectivity index (χ2v) is 4.80. The van der Waals surface area contributed by atoms with Gasteiger partial charge in [-0.1, -0.05) is 30.3 Å². The average molecular weight is 293 g/mol. The van der Waals surface area contributed by atoms with Gasteiger partial charge in [0, 0.05) is 17.7 Å². The van der Waals surface area contributed by atoms with Gasteiger partial charge in [0.2, 0.25) is 0 Å². The molecule has 0 saturated heterocycles. The number of nitrogens with two attached hydrogens (primary N) is 1. The lowest BCUT2D eigenvalue weighted by molar-refractivity contribution is 0.500. The quantitative estimate of drug-likeness (QED) is 0.791. The Kier molecular flexibility index (Phi) is 3.29. The molecule has 0 heterocycles. The predicted octanol–water partition coefficient (Wildman–Crippen LogP) is 2.45. The molecule has 0 aromatic heterocycles. The van der Waals surface area contributed by atoms with Crippen LogP contribution in [0.3, 0.4) is 0 Å². The van der Waals surface area contributed by atoms with E-state index >= 15 is 0 Å². The van der Waals surface area contributed by atoms with Crippen LogP contribution in [0.15, 0.2) is 59.7 Å². The predicted molar refractivity (Wildman–Crippen MR) is 72.7 cm³/mol. The van der Waals surface area contributed by atoms with Gasteiger partial charge >= 0.3 is 0 Å². The van der Waals surface area contributed by atoms with Crippen LogP contribution in [0.25, 0.3) is 11.1 Å². The van der Waals surface area contributed by atoms with Gasteiger partial charge in [-0.2, -0.15) is 0 Å². The van der Waals surface area contributed by atoms with E-state index < -0.39 is 29.2 Å². The average Bonchev–Trinajstić information content (AvgIpc) is 2.58. The monoisotopic (exact) mass is 293 g/mol. The van der Waals surface area contributed by atoms with E-state index in [0.29, 0.717) is 0 Å². The summed E-state index contributed by atoms with van der Waals surface area (Å²) in [5, 5.41) is 0.533. The van der Waals surface area contributed by atoms with Crippen molar-refractivity contribution in [3.8, 4) is 0 Å². The molecule has 5 heteroatoms. The van der Waals surface area contributed by atoms with Gasteiger partial charge in [-0.25, -0.2) is 17.6 Å². The minimum atomic E-state index is -1.28. The molecule has 3 rings (SSSR count). The Morgan fingerprint density at radius 1 is 0.952 bits per heavy atom. The first kappa shape index (κ1) is 13.8. The topological polar surface area (TPSA) is 26.0 Å². The van der Waals surface area contributed by atoms with Crippen LogP contribution in [0.5, 0.6) is 0 Å². The molecule has 2 N–H and O–H groups in total. The summed E-state index contributed by atoms with van der Waals surface area (Å²) in [5.41, 5.74) is 5.25. The number of benzene rings is 1. The molecule has 0 aliphatic heterocycles. The molecule has 0 amide bonds. The number of allylic oxidation sites excluding steroid dienone is 5. The third kappa shape index (κ3) is 1.96. The maximum atomic E-state index is 14.3. The molecule has 0 fully saturated rings. The highest BCUT2D eigenvalue weighted by Gasteiger charge is 2.32.